The van der Waals surface area contributed by atoms with Gasteiger partial charge in [0.2, 0.25) is 16.0 Å². The van der Waals surface area contributed by atoms with E-state index in [1.54, 1.807) is 30.6 Å². The van der Waals surface area contributed by atoms with E-state index < -0.39 is 10.0 Å². The molecule has 2 N–H and O–H groups in total. The Bertz CT molecular complexity index is 726. The van der Waals surface area contributed by atoms with E-state index in [0.29, 0.717) is 0 Å². The number of primary sulfonamides is 1. The maximum absolute atomic E-state index is 11.3. The number of piperazine rings is 1. The highest BCUT2D eigenvalue weighted by molar-refractivity contribution is 7.89. The Balaban J connectivity index is 1.66. The summed E-state index contributed by atoms with van der Waals surface area (Å²) in [5.74, 6) is 0.742. The molecule has 116 valence electrons. The van der Waals surface area contributed by atoms with Crippen LogP contribution in [0.4, 0.5) is 11.6 Å². The Labute approximate surface area is 129 Å². The zero-order valence-electron chi connectivity index (χ0n) is 12.0. The van der Waals surface area contributed by atoms with Crippen LogP contribution in [0.3, 0.4) is 0 Å². The zero-order valence-corrected chi connectivity index (χ0v) is 12.8. The summed E-state index contributed by atoms with van der Waals surface area (Å²) in [6.07, 6.45) is 3.47. The molecule has 8 heteroatoms. The fourth-order valence-electron chi connectivity index (χ4n) is 2.47. The number of hydrogen-bond donors (Lipinski definition) is 1. The van der Waals surface area contributed by atoms with Gasteiger partial charge in [-0.15, -0.1) is 0 Å². The molecule has 3 rings (SSSR count). The quantitative estimate of drug-likeness (QED) is 0.883. The first-order valence-electron chi connectivity index (χ1n) is 6.94. The predicted molar refractivity (Wildman–Crippen MR) is 84.3 cm³/mol. The Morgan fingerprint density at radius 3 is 2.00 bits per heavy atom. The first-order valence-corrected chi connectivity index (χ1v) is 8.48. The van der Waals surface area contributed by atoms with Crippen molar-refractivity contribution in [2.24, 2.45) is 5.14 Å². The summed E-state index contributed by atoms with van der Waals surface area (Å²) in [5, 5.41) is 5.11. The van der Waals surface area contributed by atoms with Crippen LogP contribution in [0.5, 0.6) is 0 Å². The second kappa shape index (κ2) is 5.90. The average molecular weight is 319 g/mol. The molecule has 0 bridgehead atoms. The number of benzene rings is 1. The van der Waals surface area contributed by atoms with Gasteiger partial charge in [0.05, 0.1) is 4.90 Å². The SMILES string of the molecule is NS(=O)(=O)c1ccc(N2CCN(c3ncccn3)CC2)cc1. The van der Waals surface area contributed by atoms with E-state index in [1.807, 2.05) is 0 Å². The molecule has 0 unspecified atom stereocenters. The highest BCUT2D eigenvalue weighted by Crippen LogP contribution is 2.20. The minimum atomic E-state index is -3.64. The number of aromatic nitrogens is 2. The smallest absolute Gasteiger partial charge is 0.238 e. The number of nitrogens with zero attached hydrogens (tertiary/aromatic N) is 4. The van der Waals surface area contributed by atoms with Crippen LogP contribution in [0.1, 0.15) is 0 Å². The van der Waals surface area contributed by atoms with Crippen molar-refractivity contribution < 1.29 is 8.42 Å². The Morgan fingerprint density at radius 2 is 1.45 bits per heavy atom. The van der Waals surface area contributed by atoms with Crippen molar-refractivity contribution in [3.05, 3.63) is 42.7 Å². The van der Waals surface area contributed by atoms with Crippen molar-refractivity contribution >= 4 is 21.7 Å². The summed E-state index contributed by atoms with van der Waals surface area (Å²) in [6.45, 7) is 3.29. The van der Waals surface area contributed by atoms with Crippen LogP contribution in [0.25, 0.3) is 0 Å². The molecule has 2 heterocycles. The average Bonchev–Trinajstić information content (AvgIpc) is 2.55. The van der Waals surface area contributed by atoms with Crippen molar-refractivity contribution in [3.63, 3.8) is 0 Å². The van der Waals surface area contributed by atoms with Gasteiger partial charge in [0.1, 0.15) is 0 Å². The van der Waals surface area contributed by atoms with Crippen LogP contribution < -0.4 is 14.9 Å². The molecular formula is C14H17N5O2S. The molecule has 1 aromatic carbocycles. The summed E-state index contributed by atoms with van der Waals surface area (Å²) >= 11 is 0. The lowest BCUT2D eigenvalue weighted by molar-refractivity contribution is 0.597. The molecule has 22 heavy (non-hydrogen) atoms. The molecule has 0 saturated carbocycles. The number of rotatable bonds is 3. The van der Waals surface area contributed by atoms with Crippen LogP contribution in [0, 0.1) is 0 Å². The van der Waals surface area contributed by atoms with E-state index in [4.69, 9.17) is 5.14 Å². The van der Waals surface area contributed by atoms with Gasteiger partial charge in [-0.1, -0.05) is 0 Å². The van der Waals surface area contributed by atoms with Gasteiger partial charge in [0, 0.05) is 44.3 Å². The van der Waals surface area contributed by atoms with Gasteiger partial charge in [-0.2, -0.15) is 0 Å². The molecule has 1 aliphatic heterocycles. The lowest BCUT2D eigenvalue weighted by atomic mass is 10.2. The van der Waals surface area contributed by atoms with Crippen molar-refractivity contribution in [1.29, 1.82) is 0 Å². The molecule has 1 aliphatic rings. The normalized spacial score (nSPS) is 15.9. The van der Waals surface area contributed by atoms with Gasteiger partial charge in [-0.25, -0.2) is 23.5 Å². The largest absolute Gasteiger partial charge is 0.368 e. The van der Waals surface area contributed by atoms with Gasteiger partial charge in [0.15, 0.2) is 0 Å². The number of anilines is 2. The molecule has 7 nitrogen and oxygen atoms in total. The molecule has 1 saturated heterocycles. The van der Waals surface area contributed by atoms with E-state index >= 15 is 0 Å². The van der Waals surface area contributed by atoms with Crippen LogP contribution in [0.15, 0.2) is 47.6 Å². The number of hydrogen-bond acceptors (Lipinski definition) is 6. The van der Waals surface area contributed by atoms with Gasteiger partial charge in [0.25, 0.3) is 0 Å². The fraction of sp³-hybridized carbons (Fsp3) is 0.286. The van der Waals surface area contributed by atoms with Gasteiger partial charge in [-0.05, 0) is 30.3 Å². The third-order valence-corrected chi connectivity index (χ3v) is 4.57. The van der Waals surface area contributed by atoms with Gasteiger partial charge >= 0.3 is 0 Å². The van der Waals surface area contributed by atoms with Crippen LogP contribution in [0.2, 0.25) is 0 Å². The Kier molecular flexibility index (Phi) is 3.95. The zero-order chi connectivity index (χ0) is 15.6. The standard InChI is InChI=1S/C14H17N5O2S/c15-22(20,21)13-4-2-12(3-5-13)18-8-10-19(11-9-18)14-16-6-1-7-17-14/h1-7H,8-11H2,(H2,15,20,21). The summed E-state index contributed by atoms with van der Waals surface area (Å²) in [4.78, 5) is 13.0. The van der Waals surface area contributed by atoms with E-state index in [-0.39, 0.29) is 4.90 Å². The molecule has 1 fully saturated rings. The Hall–Kier alpha value is -2.19. The topological polar surface area (TPSA) is 92.4 Å². The Morgan fingerprint density at radius 1 is 0.909 bits per heavy atom. The summed E-state index contributed by atoms with van der Waals surface area (Å²) in [5.41, 5.74) is 0.987. The van der Waals surface area contributed by atoms with E-state index in [9.17, 15) is 8.42 Å². The van der Waals surface area contributed by atoms with Crippen molar-refractivity contribution in [1.82, 2.24) is 9.97 Å². The van der Waals surface area contributed by atoms with E-state index in [2.05, 4.69) is 19.8 Å². The van der Waals surface area contributed by atoms with Gasteiger partial charge in [-0.3, -0.25) is 0 Å². The minimum Gasteiger partial charge on any atom is -0.368 e. The number of sulfonamides is 1. The molecule has 0 atom stereocenters. The van der Waals surface area contributed by atoms with Crippen molar-refractivity contribution in [3.8, 4) is 0 Å². The number of nitrogens with two attached hydrogens (primary N) is 1. The highest BCUT2D eigenvalue weighted by Gasteiger charge is 2.19. The third-order valence-electron chi connectivity index (χ3n) is 3.65. The molecule has 2 aromatic rings. The predicted octanol–water partition coefficient (Wildman–Crippen LogP) is 0.451. The molecule has 0 spiro atoms. The molecule has 0 aliphatic carbocycles. The van der Waals surface area contributed by atoms with Gasteiger partial charge < -0.3 is 9.80 Å². The molecule has 1 aromatic heterocycles. The van der Waals surface area contributed by atoms with Crippen LogP contribution in [-0.2, 0) is 10.0 Å². The minimum absolute atomic E-state index is 0.132. The summed E-state index contributed by atoms with van der Waals surface area (Å²) in [6, 6.07) is 8.45. The van der Waals surface area contributed by atoms with E-state index in [1.165, 1.54) is 12.1 Å². The fourth-order valence-corrected chi connectivity index (χ4v) is 2.98. The lowest BCUT2D eigenvalue weighted by Gasteiger charge is -2.36. The monoisotopic (exact) mass is 319 g/mol. The maximum Gasteiger partial charge on any atom is 0.238 e. The van der Waals surface area contributed by atoms with Crippen molar-refractivity contribution in [2.45, 2.75) is 4.90 Å². The summed E-state index contributed by atoms with van der Waals surface area (Å²) in [7, 11) is -3.64. The lowest BCUT2D eigenvalue weighted by Crippen LogP contribution is -2.47. The van der Waals surface area contributed by atoms with Crippen LogP contribution in [-0.4, -0.2) is 44.6 Å². The van der Waals surface area contributed by atoms with Crippen LogP contribution >= 0.6 is 0 Å². The maximum atomic E-state index is 11.3. The first kappa shape index (κ1) is 14.7. The molecular weight excluding hydrogens is 302 g/mol. The molecule has 0 radical (unpaired) electrons. The van der Waals surface area contributed by atoms with Crippen molar-refractivity contribution in [2.75, 3.05) is 36.0 Å². The second-order valence-electron chi connectivity index (χ2n) is 5.06. The highest BCUT2D eigenvalue weighted by atomic mass is 32.2. The van der Waals surface area contributed by atoms with E-state index in [0.717, 1.165) is 37.8 Å². The molecule has 0 amide bonds. The first-order chi connectivity index (χ1) is 10.5. The third kappa shape index (κ3) is 3.18. The summed E-state index contributed by atoms with van der Waals surface area (Å²) < 4.78 is 22.5. The second-order valence-corrected chi connectivity index (χ2v) is 6.62.